The number of halogens is 3. The molecule has 0 fully saturated rings. The second-order valence-electron chi connectivity index (χ2n) is 4.44. The van der Waals surface area contributed by atoms with Crippen molar-refractivity contribution in [3.8, 4) is 0 Å². The highest BCUT2D eigenvalue weighted by atomic mass is 127. The molecule has 0 aliphatic heterocycles. The molecule has 2 aromatic rings. The maximum atomic E-state index is 13.0. The summed E-state index contributed by atoms with van der Waals surface area (Å²) >= 11 is 5.70. The van der Waals surface area contributed by atoms with Gasteiger partial charge in [0.2, 0.25) is 0 Å². The van der Waals surface area contributed by atoms with E-state index in [1.54, 1.807) is 12.1 Å². The van der Waals surface area contributed by atoms with Crippen molar-refractivity contribution in [3.63, 3.8) is 0 Å². The Morgan fingerprint density at radius 3 is 2.52 bits per heavy atom. The van der Waals surface area contributed by atoms with Crippen molar-refractivity contribution in [1.29, 1.82) is 0 Å². The number of hydrogen-bond donors (Lipinski definition) is 2. The van der Waals surface area contributed by atoms with E-state index in [9.17, 15) is 4.39 Å². The number of anilines is 1. The summed E-state index contributed by atoms with van der Waals surface area (Å²) in [5, 5.41) is 3.07. The smallest absolute Gasteiger partial charge is 0.193 e. The number of hydrogen-bond acceptors (Lipinski definition) is 1. The maximum Gasteiger partial charge on any atom is 0.193 e. The number of nitrogens with zero attached hydrogens (tertiary/aromatic N) is 1. The van der Waals surface area contributed by atoms with Crippen LogP contribution in [0.3, 0.4) is 0 Å². The van der Waals surface area contributed by atoms with Gasteiger partial charge in [0, 0.05) is 5.69 Å². The summed E-state index contributed by atoms with van der Waals surface area (Å²) in [4.78, 5) is 4.19. The molecule has 0 radical (unpaired) electrons. The molecule has 0 saturated heterocycles. The highest BCUT2D eigenvalue weighted by Gasteiger charge is 2.01. The Morgan fingerprint density at radius 1 is 1.24 bits per heavy atom. The zero-order chi connectivity index (χ0) is 14.5. The quantitative estimate of drug-likeness (QED) is 0.442. The molecule has 0 amide bonds. The third kappa shape index (κ3) is 5.51. The van der Waals surface area contributed by atoms with E-state index in [0.29, 0.717) is 12.5 Å². The summed E-state index contributed by atoms with van der Waals surface area (Å²) in [6.45, 7) is 2.35. The third-order valence-corrected chi connectivity index (χ3v) is 3.03. The Kier molecular flexibility index (Phi) is 6.91. The van der Waals surface area contributed by atoms with Crippen molar-refractivity contribution in [2.24, 2.45) is 10.7 Å². The number of rotatable bonds is 3. The maximum absolute atomic E-state index is 13.0. The van der Waals surface area contributed by atoms with Gasteiger partial charge in [0.1, 0.15) is 5.82 Å². The first-order valence-corrected chi connectivity index (χ1v) is 6.50. The van der Waals surface area contributed by atoms with Crippen molar-refractivity contribution in [2.75, 3.05) is 5.32 Å². The fourth-order valence-electron chi connectivity index (χ4n) is 1.64. The van der Waals surface area contributed by atoms with Crippen LogP contribution in [0.2, 0.25) is 5.02 Å². The van der Waals surface area contributed by atoms with Gasteiger partial charge in [-0.2, -0.15) is 0 Å². The average Bonchev–Trinajstić information content (AvgIpc) is 2.43. The molecule has 0 aromatic heterocycles. The first kappa shape index (κ1) is 17.7. The van der Waals surface area contributed by atoms with Crippen LogP contribution in [-0.2, 0) is 6.54 Å². The van der Waals surface area contributed by atoms with Gasteiger partial charge in [-0.15, -0.1) is 24.0 Å². The van der Waals surface area contributed by atoms with E-state index in [-0.39, 0.29) is 29.0 Å². The van der Waals surface area contributed by atoms with Gasteiger partial charge in [-0.3, -0.25) is 0 Å². The summed E-state index contributed by atoms with van der Waals surface area (Å²) in [7, 11) is 0. The minimum Gasteiger partial charge on any atom is -0.370 e. The molecule has 3 N–H and O–H groups in total. The van der Waals surface area contributed by atoms with Crippen LogP contribution >= 0.6 is 35.6 Å². The first-order valence-electron chi connectivity index (χ1n) is 6.12. The molecule has 6 heteroatoms. The number of aliphatic imine (C=N–C) groups is 1. The monoisotopic (exact) mass is 419 g/mol. The van der Waals surface area contributed by atoms with Crippen LogP contribution in [0.5, 0.6) is 0 Å². The fourth-order valence-corrected chi connectivity index (χ4v) is 1.84. The van der Waals surface area contributed by atoms with Gasteiger partial charge in [0.25, 0.3) is 0 Å². The molecule has 2 rings (SSSR count). The normalized spacial score (nSPS) is 10.9. The summed E-state index contributed by atoms with van der Waals surface area (Å²) < 4.78 is 13.0. The van der Waals surface area contributed by atoms with Crippen LogP contribution in [0.25, 0.3) is 0 Å². The van der Waals surface area contributed by atoms with Crippen LogP contribution in [0.15, 0.2) is 47.5 Å². The molecule has 2 aromatic carbocycles. The Balaban J connectivity index is 0.00000220. The van der Waals surface area contributed by atoms with E-state index in [4.69, 9.17) is 17.3 Å². The second kappa shape index (κ2) is 8.19. The summed E-state index contributed by atoms with van der Waals surface area (Å²) in [6, 6.07) is 12.3. The Hall–Kier alpha value is -1.34. The predicted octanol–water partition coefficient (Wildman–Crippen LogP) is 4.33. The standard InChI is InChI=1S/C15H15ClFN3.HI/c1-10-2-5-12(6-3-10)20-15(18)19-9-11-4-7-14(17)13(16)8-11;/h2-8H,9H2,1H3,(H3,18,19,20);1H. The van der Waals surface area contributed by atoms with Crippen LogP contribution in [0.1, 0.15) is 11.1 Å². The molecule has 0 aliphatic rings. The van der Waals surface area contributed by atoms with Crippen molar-refractivity contribution in [3.05, 3.63) is 64.4 Å². The fraction of sp³-hybridized carbons (Fsp3) is 0.133. The van der Waals surface area contributed by atoms with Crippen LogP contribution < -0.4 is 11.1 Å². The third-order valence-electron chi connectivity index (χ3n) is 2.74. The molecular weight excluding hydrogens is 404 g/mol. The number of aryl methyl sites for hydroxylation is 1. The highest BCUT2D eigenvalue weighted by molar-refractivity contribution is 14.0. The van der Waals surface area contributed by atoms with E-state index in [2.05, 4.69) is 10.3 Å². The van der Waals surface area contributed by atoms with Gasteiger partial charge in [0.05, 0.1) is 11.6 Å². The van der Waals surface area contributed by atoms with Gasteiger partial charge < -0.3 is 11.1 Å². The van der Waals surface area contributed by atoms with Gasteiger partial charge >= 0.3 is 0 Å². The lowest BCUT2D eigenvalue weighted by Gasteiger charge is -2.06. The molecule has 0 atom stereocenters. The van der Waals surface area contributed by atoms with Crippen molar-refractivity contribution >= 4 is 47.2 Å². The summed E-state index contributed by atoms with van der Waals surface area (Å²) in [6.07, 6.45) is 0. The molecule has 0 bridgehead atoms. The van der Waals surface area contributed by atoms with Crippen LogP contribution in [0, 0.1) is 12.7 Å². The second-order valence-corrected chi connectivity index (χ2v) is 4.85. The van der Waals surface area contributed by atoms with Crippen molar-refractivity contribution < 1.29 is 4.39 Å². The van der Waals surface area contributed by atoms with E-state index in [0.717, 1.165) is 11.3 Å². The van der Waals surface area contributed by atoms with E-state index in [1.165, 1.54) is 11.6 Å². The van der Waals surface area contributed by atoms with Gasteiger partial charge in [-0.05, 0) is 36.8 Å². The number of nitrogens with one attached hydrogen (secondary N) is 1. The number of guanidine groups is 1. The lowest BCUT2D eigenvalue weighted by Crippen LogP contribution is -2.22. The van der Waals surface area contributed by atoms with E-state index < -0.39 is 5.82 Å². The first-order chi connectivity index (χ1) is 9.54. The highest BCUT2D eigenvalue weighted by Crippen LogP contribution is 2.16. The molecule has 21 heavy (non-hydrogen) atoms. The lowest BCUT2D eigenvalue weighted by atomic mass is 10.2. The van der Waals surface area contributed by atoms with Crippen LogP contribution in [0.4, 0.5) is 10.1 Å². The molecule has 0 unspecified atom stereocenters. The predicted molar refractivity (Wildman–Crippen MR) is 97.0 cm³/mol. The van der Waals surface area contributed by atoms with Gasteiger partial charge in [-0.1, -0.05) is 35.4 Å². The van der Waals surface area contributed by atoms with Gasteiger partial charge in [0.15, 0.2) is 5.96 Å². The lowest BCUT2D eigenvalue weighted by molar-refractivity contribution is 0.627. The minimum atomic E-state index is -0.440. The van der Waals surface area contributed by atoms with Crippen LogP contribution in [-0.4, -0.2) is 5.96 Å². The minimum absolute atomic E-state index is 0. The topological polar surface area (TPSA) is 50.4 Å². The molecule has 3 nitrogen and oxygen atoms in total. The number of nitrogens with two attached hydrogens (primary N) is 1. The molecule has 0 spiro atoms. The van der Waals surface area contributed by atoms with E-state index >= 15 is 0 Å². The Bertz CT molecular complexity index is 629. The zero-order valence-corrected chi connectivity index (χ0v) is 14.5. The summed E-state index contributed by atoms with van der Waals surface area (Å²) in [5.74, 6) is -0.139. The number of benzene rings is 2. The van der Waals surface area contributed by atoms with Crippen molar-refractivity contribution in [1.82, 2.24) is 0 Å². The molecule has 0 saturated carbocycles. The summed E-state index contributed by atoms with van der Waals surface area (Å²) in [5.41, 5.74) is 8.63. The van der Waals surface area contributed by atoms with E-state index in [1.807, 2.05) is 31.2 Å². The SMILES string of the molecule is Cc1ccc(NC(N)=NCc2ccc(F)c(Cl)c2)cc1.I. The molecule has 112 valence electrons. The average molecular weight is 420 g/mol. The Labute approximate surface area is 145 Å². The largest absolute Gasteiger partial charge is 0.370 e. The molecular formula is C15H16ClFIN3. The van der Waals surface area contributed by atoms with Gasteiger partial charge in [-0.25, -0.2) is 9.38 Å². The molecule has 0 aliphatic carbocycles. The Morgan fingerprint density at radius 2 is 1.90 bits per heavy atom. The molecule has 0 heterocycles. The zero-order valence-electron chi connectivity index (χ0n) is 11.4. The van der Waals surface area contributed by atoms with Crippen molar-refractivity contribution in [2.45, 2.75) is 13.5 Å².